The largest absolute Gasteiger partial charge is 0.323 e. The molecular weight excluding hydrogens is 317 g/mol. The Morgan fingerprint density at radius 3 is 2.61 bits per heavy atom. The van der Waals surface area contributed by atoms with Gasteiger partial charge in [-0.2, -0.15) is 0 Å². The number of benzene rings is 1. The molecule has 1 aromatic carbocycles. The fourth-order valence-electron chi connectivity index (χ4n) is 1.81. The van der Waals surface area contributed by atoms with Gasteiger partial charge in [0.2, 0.25) is 5.50 Å². The fraction of sp³-hybridized carbons (Fsp3) is 0.0667. The number of alkyl halides is 1. The molecule has 2 aromatic heterocycles. The number of thioether (sulfide) groups is 1. The van der Waals surface area contributed by atoms with Gasteiger partial charge in [0, 0.05) is 23.6 Å². The smallest absolute Gasteiger partial charge is 0.269 e. The number of anilines is 1. The Balaban J connectivity index is 1.63. The van der Waals surface area contributed by atoms with E-state index in [1.165, 1.54) is 0 Å². The molecule has 2 N–H and O–H groups in total. The summed E-state index contributed by atoms with van der Waals surface area (Å²) in [6.45, 7) is 0. The quantitative estimate of drug-likeness (QED) is 0.703. The Morgan fingerprint density at radius 2 is 1.87 bits per heavy atom. The van der Waals surface area contributed by atoms with Gasteiger partial charge >= 0.3 is 0 Å². The summed E-state index contributed by atoms with van der Waals surface area (Å²) < 4.78 is 14.0. The highest BCUT2D eigenvalue weighted by atomic mass is 32.2. The molecule has 0 radical (unpaired) electrons. The third-order valence-electron chi connectivity index (χ3n) is 2.88. The Kier molecular flexibility index (Phi) is 4.62. The average molecular weight is 329 g/mol. The zero-order valence-electron chi connectivity index (χ0n) is 11.8. The number of aromatic nitrogens is 4. The van der Waals surface area contributed by atoms with Gasteiger partial charge in [-0.05, 0) is 36.0 Å². The number of nitrogens with one attached hydrogen (secondary N) is 2. The van der Waals surface area contributed by atoms with E-state index in [9.17, 15) is 9.18 Å². The first-order valence-electron chi connectivity index (χ1n) is 6.72. The van der Waals surface area contributed by atoms with Crippen molar-refractivity contribution in [2.75, 3.05) is 5.32 Å². The van der Waals surface area contributed by atoms with Crippen LogP contribution in [0.2, 0.25) is 0 Å². The van der Waals surface area contributed by atoms with Gasteiger partial charge in [0.05, 0.1) is 0 Å². The van der Waals surface area contributed by atoms with E-state index in [1.54, 1.807) is 48.8 Å². The van der Waals surface area contributed by atoms with E-state index >= 15 is 0 Å². The lowest BCUT2D eigenvalue weighted by molar-refractivity contribution is -0.118. The number of hydrogen-bond acceptors (Lipinski definition) is 5. The van der Waals surface area contributed by atoms with Gasteiger partial charge in [-0.15, -0.1) is 10.2 Å². The molecule has 0 aliphatic carbocycles. The normalized spacial score (nSPS) is 11.9. The maximum absolute atomic E-state index is 14.0. The summed E-state index contributed by atoms with van der Waals surface area (Å²) in [5, 5.41) is 10.5. The minimum absolute atomic E-state index is 0.229. The van der Waals surface area contributed by atoms with Crippen molar-refractivity contribution in [3.05, 3.63) is 54.9 Å². The molecule has 23 heavy (non-hydrogen) atoms. The lowest BCUT2D eigenvalue weighted by atomic mass is 10.3. The molecule has 3 rings (SSSR count). The Labute approximate surface area is 135 Å². The van der Waals surface area contributed by atoms with E-state index in [0.29, 0.717) is 23.3 Å². The molecule has 0 aliphatic heterocycles. The van der Waals surface area contributed by atoms with E-state index in [2.05, 4.69) is 25.5 Å². The number of para-hydroxylation sites is 1. The number of rotatable bonds is 5. The number of aromatic amines is 1. The molecule has 8 heteroatoms. The zero-order valence-corrected chi connectivity index (χ0v) is 12.6. The molecule has 2 heterocycles. The first kappa shape index (κ1) is 15.2. The summed E-state index contributed by atoms with van der Waals surface area (Å²) in [6.07, 6.45) is 3.24. The number of H-pyrrole nitrogens is 1. The van der Waals surface area contributed by atoms with E-state index in [-0.39, 0.29) is 5.16 Å². The van der Waals surface area contributed by atoms with Crippen molar-refractivity contribution in [3.63, 3.8) is 0 Å². The van der Waals surface area contributed by atoms with Gasteiger partial charge in [-0.1, -0.05) is 18.2 Å². The lowest BCUT2D eigenvalue weighted by Crippen LogP contribution is -2.21. The highest BCUT2D eigenvalue weighted by molar-refractivity contribution is 8.00. The summed E-state index contributed by atoms with van der Waals surface area (Å²) in [5.41, 5.74) is -0.479. The molecule has 1 amide bonds. The van der Waals surface area contributed by atoms with Gasteiger partial charge < -0.3 is 10.3 Å². The van der Waals surface area contributed by atoms with Crippen LogP contribution in [0, 0.1) is 0 Å². The van der Waals surface area contributed by atoms with Gasteiger partial charge in [0.1, 0.15) is 0 Å². The molecule has 0 bridgehead atoms. The Hall–Kier alpha value is -2.74. The van der Waals surface area contributed by atoms with Gasteiger partial charge in [0.25, 0.3) is 5.91 Å². The van der Waals surface area contributed by atoms with Crippen molar-refractivity contribution in [1.29, 1.82) is 0 Å². The van der Waals surface area contributed by atoms with Gasteiger partial charge in [0.15, 0.2) is 11.0 Å². The van der Waals surface area contributed by atoms with Crippen molar-refractivity contribution in [3.8, 4) is 11.4 Å². The highest BCUT2D eigenvalue weighted by Gasteiger charge is 2.21. The van der Waals surface area contributed by atoms with Crippen LogP contribution in [0.4, 0.5) is 10.1 Å². The van der Waals surface area contributed by atoms with Crippen molar-refractivity contribution < 1.29 is 9.18 Å². The molecule has 6 nitrogen and oxygen atoms in total. The number of hydrogen-bond donors (Lipinski definition) is 2. The molecule has 116 valence electrons. The van der Waals surface area contributed by atoms with Gasteiger partial charge in [-0.3, -0.25) is 9.78 Å². The second kappa shape index (κ2) is 7.01. The molecule has 0 saturated heterocycles. The number of nitrogens with zero attached hydrogens (tertiary/aromatic N) is 3. The third-order valence-corrected chi connectivity index (χ3v) is 3.71. The second-order valence-electron chi connectivity index (χ2n) is 4.50. The van der Waals surface area contributed by atoms with Gasteiger partial charge in [-0.25, -0.2) is 4.39 Å². The zero-order chi connectivity index (χ0) is 16.1. The molecule has 3 aromatic rings. The molecule has 0 aliphatic rings. The molecule has 1 unspecified atom stereocenters. The number of amides is 1. The predicted octanol–water partition coefficient (Wildman–Crippen LogP) is 2.89. The molecule has 0 saturated carbocycles. The van der Waals surface area contributed by atoms with Crippen LogP contribution in [0.3, 0.4) is 0 Å². The summed E-state index contributed by atoms with van der Waals surface area (Å²) >= 11 is 0.663. The SMILES string of the molecule is O=C(Nc1ccccc1)C(F)Sc1nnc(-c2ccncc2)[nH]1. The van der Waals surface area contributed by atoms with Crippen molar-refractivity contribution in [2.24, 2.45) is 0 Å². The molecule has 1 atom stereocenters. The fourth-order valence-corrected chi connectivity index (χ4v) is 2.42. The van der Waals surface area contributed by atoms with Crippen molar-refractivity contribution in [1.82, 2.24) is 20.2 Å². The third kappa shape index (κ3) is 3.92. The average Bonchev–Trinajstić information content (AvgIpc) is 3.05. The number of halogens is 1. The van der Waals surface area contributed by atoms with Crippen LogP contribution in [-0.2, 0) is 4.79 Å². The van der Waals surface area contributed by atoms with Crippen molar-refractivity contribution >= 4 is 23.4 Å². The van der Waals surface area contributed by atoms with E-state index in [0.717, 1.165) is 5.56 Å². The summed E-state index contributed by atoms with van der Waals surface area (Å²) in [4.78, 5) is 18.6. The van der Waals surface area contributed by atoms with Crippen LogP contribution >= 0.6 is 11.8 Å². The minimum atomic E-state index is -1.80. The standard InChI is InChI=1S/C15H12FN5OS/c16-12(14(22)18-11-4-2-1-3-5-11)23-15-19-13(20-21-15)10-6-8-17-9-7-10/h1-9,12H,(H,18,22)(H,19,20,21). The molecular formula is C15H12FN5OS. The van der Waals surface area contributed by atoms with Crippen LogP contribution < -0.4 is 5.32 Å². The van der Waals surface area contributed by atoms with Crippen LogP contribution in [0.5, 0.6) is 0 Å². The Morgan fingerprint density at radius 1 is 1.13 bits per heavy atom. The summed E-state index contributed by atoms with van der Waals surface area (Å²) in [6, 6.07) is 12.2. The summed E-state index contributed by atoms with van der Waals surface area (Å²) in [7, 11) is 0. The predicted molar refractivity (Wildman–Crippen MR) is 85.4 cm³/mol. The van der Waals surface area contributed by atoms with Crippen LogP contribution in [0.25, 0.3) is 11.4 Å². The monoisotopic (exact) mass is 329 g/mol. The van der Waals surface area contributed by atoms with Crippen LogP contribution in [0.1, 0.15) is 0 Å². The lowest BCUT2D eigenvalue weighted by Gasteiger charge is -2.07. The molecule has 0 fully saturated rings. The number of pyridine rings is 1. The maximum Gasteiger partial charge on any atom is 0.269 e. The highest BCUT2D eigenvalue weighted by Crippen LogP contribution is 2.24. The number of carbonyl (C=O) groups is 1. The number of carbonyl (C=O) groups excluding carboxylic acids is 1. The van der Waals surface area contributed by atoms with Crippen LogP contribution in [-0.4, -0.2) is 31.6 Å². The van der Waals surface area contributed by atoms with Crippen molar-refractivity contribution in [2.45, 2.75) is 10.7 Å². The first-order valence-corrected chi connectivity index (χ1v) is 7.60. The van der Waals surface area contributed by atoms with E-state index in [4.69, 9.17) is 0 Å². The van der Waals surface area contributed by atoms with Crippen LogP contribution in [0.15, 0.2) is 60.0 Å². The maximum atomic E-state index is 14.0. The Bertz CT molecular complexity index is 781. The second-order valence-corrected chi connectivity index (χ2v) is 5.54. The summed E-state index contributed by atoms with van der Waals surface area (Å²) in [5.74, 6) is -0.256. The van der Waals surface area contributed by atoms with E-state index < -0.39 is 11.4 Å². The minimum Gasteiger partial charge on any atom is -0.323 e. The first-order chi connectivity index (χ1) is 11.2. The van der Waals surface area contributed by atoms with E-state index in [1.807, 2.05) is 6.07 Å². The topological polar surface area (TPSA) is 83.6 Å². The molecule has 0 spiro atoms.